The van der Waals surface area contributed by atoms with Crippen molar-refractivity contribution in [1.82, 2.24) is 20.6 Å². The van der Waals surface area contributed by atoms with Gasteiger partial charge in [0.2, 0.25) is 0 Å². The van der Waals surface area contributed by atoms with E-state index in [1.807, 2.05) is 0 Å². The number of aromatic nitrogens is 4. The van der Waals surface area contributed by atoms with Gasteiger partial charge in [0.05, 0.1) is 5.69 Å². The van der Waals surface area contributed by atoms with Crippen LogP contribution in [0, 0.1) is 0 Å². The maximum Gasteiger partial charge on any atom is 0.132 e. The van der Waals surface area contributed by atoms with E-state index in [1.54, 1.807) is 6.07 Å². The lowest BCUT2D eigenvalue weighted by Gasteiger charge is -1.84. The molecule has 0 aliphatic heterocycles. The van der Waals surface area contributed by atoms with Gasteiger partial charge in [-0.25, -0.2) is 0 Å². The molecule has 0 aliphatic carbocycles. The predicted octanol–water partition coefficient (Wildman–Crippen LogP) is 0.0888. The summed E-state index contributed by atoms with van der Waals surface area (Å²) in [6.45, 7) is 0. The van der Waals surface area contributed by atoms with E-state index in [0.29, 0.717) is 11.4 Å². The van der Waals surface area contributed by atoms with Crippen molar-refractivity contribution < 1.29 is 4.52 Å². The van der Waals surface area contributed by atoms with Crippen molar-refractivity contribution in [2.45, 2.75) is 0 Å². The first kappa shape index (κ1) is 5.16. The molecule has 0 bridgehead atoms. The number of hydrogen-bond acceptors (Lipinski definition) is 4. The predicted molar refractivity (Wildman–Crippen MR) is 30.8 cm³/mol. The third kappa shape index (κ3) is 0.680. The highest BCUT2D eigenvalue weighted by Gasteiger charge is 1.97. The summed E-state index contributed by atoms with van der Waals surface area (Å²) in [5.74, 6) is 0. The van der Waals surface area contributed by atoms with Crippen molar-refractivity contribution in [3.63, 3.8) is 0 Å². The minimum atomic E-state index is 0.633. The first-order valence-corrected chi connectivity index (χ1v) is 2.68. The van der Waals surface area contributed by atoms with Crippen molar-refractivity contribution in [3.8, 4) is 11.4 Å². The summed E-state index contributed by atoms with van der Waals surface area (Å²) in [6.07, 6.45) is 3.00. The van der Waals surface area contributed by atoms with E-state index in [-0.39, 0.29) is 0 Å². The van der Waals surface area contributed by atoms with Crippen LogP contribution in [0.2, 0.25) is 0 Å². The maximum atomic E-state index is 4.59. The third-order valence-electron chi connectivity index (χ3n) is 1.08. The Balaban J connectivity index is 2.48. The molecule has 2 aromatic heterocycles. The standard InChI is InChI=1S/C5H3N4O/c1-2-10-8-4(1)5-3-6-9-7-5/h1-3H/q-1. The highest BCUT2D eigenvalue weighted by atomic mass is 16.5. The molecule has 5 heteroatoms. The van der Waals surface area contributed by atoms with Gasteiger partial charge in [0.15, 0.2) is 0 Å². The molecule has 0 fully saturated rings. The molecule has 50 valence electrons. The molecule has 0 aliphatic rings. The van der Waals surface area contributed by atoms with E-state index in [4.69, 9.17) is 0 Å². The molecule has 0 saturated carbocycles. The largest absolute Gasteiger partial charge is 0.493 e. The van der Waals surface area contributed by atoms with E-state index < -0.39 is 0 Å². The van der Waals surface area contributed by atoms with Crippen molar-refractivity contribution in [2.24, 2.45) is 0 Å². The van der Waals surface area contributed by atoms with Crippen molar-refractivity contribution >= 4 is 0 Å². The minimum absolute atomic E-state index is 0.633. The van der Waals surface area contributed by atoms with Crippen LogP contribution in [0.25, 0.3) is 11.4 Å². The highest BCUT2D eigenvalue weighted by Crippen LogP contribution is 2.09. The van der Waals surface area contributed by atoms with Gasteiger partial charge in [0.25, 0.3) is 0 Å². The molecule has 0 atom stereocenters. The molecule has 0 amide bonds. The lowest BCUT2D eigenvalue weighted by atomic mass is 10.3. The molecular formula is C5H3N4O-. The Morgan fingerprint density at radius 2 is 2.40 bits per heavy atom. The number of rotatable bonds is 1. The number of nitrogens with zero attached hydrogens (tertiary/aromatic N) is 4. The molecule has 0 spiro atoms. The van der Waals surface area contributed by atoms with Crippen LogP contribution in [0.1, 0.15) is 0 Å². The molecule has 0 saturated heterocycles. The summed E-state index contributed by atoms with van der Waals surface area (Å²) in [6, 6.07) is 1.70. The van der Waals surface area contributed by atoms with Crippen molar-refractivity contribution in [3.05, 3.63) is 18.5 Å². The Hall–Kier alpha value is -1.65. The van der Waals surface area contributed by atoms with Crippen LogP contribution in [0.3, 0.4) is 0 Å². The normalized spacial score (nSPS) is 10.0. The maximum absolute atomic E-state index is 4.59. The van der Waals surface area contributed by atoms with Gasteiger partial charge in [-0.2, -0.15) is 0 Å². The van der Waals surface area contributed by atoms with Gasteiger partial charge in [-0.05, 0) is 0 Å². The minimum Gasteiger partial charge on any atom is -0.493 e. The quantitative estimate of drug-likeness (QED) is 0.554. The Bertz CT molecular complexity index is 253. The first-order chi connectivity index (χ1) is 4.97. The van der Waals surface area contributed by atoms with E-state index in [2.05, 4.69) is 25.1 Å². The van der Waals surface area contributed by atoms with E-state index in [9.17, 15) is 0 Å². The topological polar surface area (TPSA) is 65.9 Å². The Labute approximate surface area is 56.0 Å². The zero-order valence-electron chi connectivity index (χ0n) is 4.93. The summed E-state index contributed by atoms with van der Waals surface area (Å²) >= 11 is 0. The lowest BCUT2D eigenvalue weighted by Crippen LogP contribution is -1.77. The summed E-state index contributed by atoms with van der Waals surface area (Å²) < 4.78 is 4.59. The molecule has 0 N–H and O–H groups in total. The molecule has 0 aromatic carbocycles. The second-order valence-electron chi connectivity index (χ2n) is 1.70. The Morgan fingerprint density at radius 3 is 3.00 bits per heavy atom. The van der Waals surface area contributed by atoms with Gasteiger partial charge < -0.3 is 19.9 Å². The fourth-order valence-electron chi connectivity index (χ4n) is 0.642. The molecule has 2 heterocycles. The zero-order valence-corrected chi connectivity index (χ0v) is 4.93. The summed E-state index contributed by atoms with van der Waals surface area (Å²) in [4.78, 5) is 0. The molecule has 0 unspecified atom stereocenters. The summed E-state index contributed by atoms with van der Waals surface area (Å²) in [5.41, 5.74) is 1.29. The van der Waals surface area contributed by atoms with Gasteiger partial charge >= 0.3 is 0 Å². The second-order valence-corrected chi connectivity index (χ2v) is 1.70. The molecule has 0 radical (unpaired) electrons. The highest BCUT2D eigenvalue weighted by molar-refractivity contribution is 5.49. The van der Waals surface area contributed by atoms with Gasteiger partial charge in [-0.1, -0.05) is 5.16 Å². The average molecular weight is 135 g/mol. The fourth-order valence-corrected chi connectivity index (χ4v) is 0.642. The van der Waals surface area contributed by atoms with Crippen LogP contribution in [0.5, 0.6) is 0 Å². The summed E-state index contributed by atoms with van der Waals surface area (Å²) in [7, 11) is 0. The van der Waals surface area contributed by atoms with Crippen LogP contribution in [-0.2, 0) is 0 Å². The van der Waals surface area contributed by atoms with Gasteiger partial charge in [0.1, 0.15) is 12.0 Å². The smallest absolute Gasteiger partial charge is 0.132 e. The van der Waals surface area contributed by atoms with Crippen molar-refractivity contribution in [2.75, 3.05) is 0 Å². The van der Waals surface area contributed by atoms with Crippen LogP contribution in [0.4, 0.5) is 0 Å². The van der Waals surface area contributed by atoms with Crippen LogP contribution in [-0.4, -0.2) is 15.4 Å². The van der Waals surface area contributed by atoms with Gasteiger partial charge in [0, 0.05) is 12.3 Å². The Morgan fingerprint density at radius 1 is 1.40 bits per heavy atom. The molecule has 10 heavy (non-hydrogen) atoms. The monoisotopic (exact) mass is 135 g/mol. The number of hydrogen-bond donors (Lipinski definition) is 0. The summed E-state index contributed by atoms with van der Waals surface area (Å²) in [5, 5.41) is 14.2. The third-order valence-corrected chi connectivity index (χ3v) is 1.08. The van der Waals surface area contributed by atoms with Crippen LogP contribution < -0.4 is 5.21 Å². The van der Waals surface area contributed by atoms with Gasteiger partial charge in [-0.3, -0.25) is 0 Å². The Kier molecular flexibility index (Phi) is 1.00. The van der Waals surface area contributed by atoms with E-state index in [1.165, 1.54) is 12.5 Å². The van der Waals surface area contributed by atoms with Crippen molar-refractivity contribution in [1.29, 1.82) is 0 Å². The van der Waals surface area contributed by atoms with Crippen LogP contribution in [0.15, 0.2) is 23.0 Å². The zero-order chi connectivity index (χ0) is 6.81. The van der Waals surface area contributed by atoms with Crippen LogP contribution >= 0.6 is 0 Å². The molecule has 5 nitrogen and oxygen atoms in total. The fraction of sp³-hybridized carbons (Fsp3) is 0. The van der Waals surface area contributed by atoms with E-state index in [0.717, 1.165) is 0 Å². The van der Waals surface area contributed by atoms with Gasteiger partial charge in [-0.15, -0.1) is 0 Å². The molecule has 2 aromatic rings. The molecular weight excluding hydrogens is 132 g/mol. The van der Waals surface area contributed by atoms with E-state index >= 15 is 0 Å². The second kappa shape index (κ2) is 1.94. The molecule has 2 rings (SSSR count). The first-order valence-electron chi connectivity index (χ1n) is 2.68. The average Bonchev–Trinajstić information content (AvgIpc) is 2.59. The lowest BCUT2D eigenvalue weighted by molar-refractivity contribution is 0.422. The SMILES string of the molecule is c1cc(-c2cn[n-]n2)no1.